The molecule has 1 aliphatic rings. The fourth-order valence-electron chi connectivity index (χ4n) is 4.22. The van der Waals surface area contributed by atoms with Crippen LogP contribution >= 0.6 is 0 Å². The molecule has 180 valence electrons. The summed E-state index contributed by atoms with van der Waals surface area (Å²) < 4.78 is 53.1. The Bertz CT molecular complexity index is 1190. The number of rotatable bonds is 5. The summed E-state index contributed by atoms with van der Waals surface area (Å²) in [6, 6.07) is 10.3. The van der Waals surface area contributed by atoms with Crippen LogP contribution in [0.3, 0.4) is 0 Å². The van der Waals surface area contributed by atoms with Crippen LogP contribution in [0.25, 0.3) is 10.9 Å². The van der Waals surface area contributed by atoms with E-state index in [2.05, 4.69) is 20.6 Å². The van der Waals surface area contributed by atoms with Gasteiger partial charge in [0.15, 0.2) is 0 Å². The van der Waals surface area contributed by atoms with Crippen molar-refractivity contribution in [3.63, 3.8) is 0 Å². The third-order valence-corrected chi connectivity index (χ3v) is 5.95. The molecular formula is C24H25F4N5O. The van der Waals surface area contributed by atoms with E-state index in [0.29, 0.717) is 37.7 Å². The zero-order valence-electron chi connectivity index (χ0n) is 18.8. The fraction of sp³-hybridized carbons (Fsp3) is 0.375. The molecule has 0 radical (unpaired) electrons. The highest BCUT2D eigenvalue weighted by Gasteiger charge is 2.36. The summed E-state index contributed by atoms with van der Waals surface area (Å²) in [6.45, 7) is 0. The highest BCUT2D eigenvalue weighted by atomic mass is 19.4. The van der Waals surface area contributed by atoms with Crippen molar-refractivity contribution in [1.29, 1.82) is 0 Å². The Balaban J connectivity index is 1.39. The number of carbonyl (C=O) groups is 1. The van der Waals surface area contributed by atoms with Crippen LogP contribution < -0.4 is 15.5 Å². The number of para-hydroxylation sites is 1. The molecule has 0 unspecified atom stereocenters. The number of halogens is 4. The number of anilines is 2. The van der Waals surface area contributed by atoms with E-state index in [0.717, 1.165) is 28.9 Å². The van der Waals surface area contributed by atoms with Crippen molar-refractivity contribution in [1.82, 2.24) is 15.3 Å². The predicted octanol–water partition coefficient (Wildman–Crippen LogP) is 5.01. The van der Waals surface area contributed by atoms with Crippen molar-refractivity contribution in [3.05, 3.63) is 59.4 Å². The summed E-state index contributed by atoms with van der Waals surface area (Å²) in [6.07, 6.45) is -2.27. The number of hydrogen-bond donors (Lipinski definition) is 2. The topological polar surface area (TPSA) is 70.2 Å². The molecule has 2 N–H and O–H groups in total. The van der Waals surface area contributed by atoms with Gasteiger partial charge in [-0.05, 0) is 49.9 Å². The van der Waals surface area contributed by atoms with Crippen LogP contribution in [0.2, 0.25) is 0 Å². The summed E-state index contributed by atoms with van der Waals surface area (Å²) >= 11 is 0. The maximum atomic E-state index is 14.3. The molecule has 4 rings (SSSR count). The molecule has 10 heteroatoms. The minimum Gasteiger partial charge on any atom is -0.362 e. The second-order valence-corrected chi connectivity index (χ2v) is 8.61. The van der Waals surface area contributed by atoms with Crippen LogP contribution in [-0.2, 0) is 6.18 Å². The summed E-state index contributed by atoms with van der Waals surface area (Å²) in [5.74, 6) is -1.07. The average molecular weight is 475 g/mol. The van der Waals surface area contributed by atoms with Crippen LogP contribution in [-0.4, -0.2) is 42.1 Å². The summed E-state index contributed by atoms with van der Waals surface area (Å²) in [5.41, 5.74) is -1.22. The second-order valence-electron chi connectivity index (χ2n) is 8.61. The number of amides is 1. The lowest BCUT2D eigenvalue weighted by Gasteiger charge is -2.30. The molecule has 6 nitrogen and oxygen atoms in total. The first kappa shape index (κ1) is 23.7. The number of benzene rings is 2. The smallest absolute Gasteiger partial charge is 0.362 e. The molecule has 1 aliphatic carbocycles. The van der Waals surface area contributed by atoms with Crippen molar-refractivity contribution in [2.75, 3.05) is 24.3 Å². The molecule has 0 spiro atoms. The summed E-state index contributed by atoms with van der Waals surface area (Å²) in [7, 11) is 3.83. The van der Waals surface area contributed by atoms with Crippen molar-refractivity contribution in [3.8, 4) is 0 Å². The van der Waals surface area contributed by atoms with Gasteiger partial charge in [0.05, 0.1) is 16.6 Å². The number of carbonyl (C=O) groups excluding carboxylic acids is 1. The van der Waals surface area contributed by atoms with Crippen LogP contribution in [0, 0.1) is 5.82 Å². The third-order valence-electron chi connectivity index (χ3n) is 5.95. The van der Waals surface area contributed by atoms with E-state index in [1.807, 2.05) is 43.3 Å². The zero-order valence-corrected chi connectivity index (χ0v) is 18.8. The van der Waals surface area contributed by atoms with Gasteiger partial charge in [-0.2, -0.15) is 18.2 Å². The third kappa shape index (κ3) is 5.05. The molecular weight excluding hydrogens is 450 g/mol. The van der Waals surface area contributed by atoms with Gasteiger partial charge in [-0.15, -0.1) is 0 Å². The Kier molecular flexibility index (Phi) is 6.58. The monoisotopic (exact) mass is 475 g/mol. The lowest BCUT2D eigenvalue weighted by Crippen LogP contribution is -2.40. The molecule has 1 amide bonds. The molecule has 0 saturated heterocycles. The minimum atomic E-state index is -4.86. The number of hydrogen-bond acceptors (Lipinski definition) is 5. The maximum absolute atomic E-state index is 14.3. The van der Waals surface area contributed by atoms with Crippen LogP contribution in [0.4, 0.5) is 29.3 Å². The number of alkyl halides is 3. The lowest BCUT2D eigenvalue weighted by atomic mass is 9.91. The fourth-order valence-corrected chi connectivity index (χ4v) is 4.22. The van der Waals surface area contributed by atoms with Crippen LogP contribution in [0.15, 0.2) is 42.5 Å². The van der Waals surface area contributed by atoms with Gasteiger partial charge in [0.1, 0.15) is 11.6 Å². The first-order valence-corrected chi connectivity index (χ1v) is 11.0. The van der Waals surface area contributed by atoms with Crippen molar-refractivity contribution in [2.45, 2.75) is 43.9 Å². The average Bonchev–Trinajstić information content (AvgIpc) is 2.79. The minimum absolute atomic E-state index is 0.0784. The molecule has 0 atom stereocenters. The van der Waals surface area contributed by atoms with Crippen molar-refractivity contribution in [2.24, 2.45) is 0 Å². The van der Waals surface area contributed by atoms with E-state index in [9.17, 15) is 22.4 Å². The molecule has 1 heterocycles. The first-order chi connectivity index (χ1) is 16.1. The van der Waals surface area contributed by atoms with Gasteiger partial charge in [-0.25, -0.2) is 9.37 Å². The normalized spacial score (nSPS) is 18.5. The highest BCUT2D eigenvalue weighted by molar-refractivity contribution is 5.95. The van der Waals surface area contributed by atoms with Crippen molar-refractivity contribution < 1.29 is 22.4 Å². The first-order valence-electron chi connectivity index (χ1n) is 11.0. The van der Waals surface area contributed by atoms with Crippen LogP contribution in [0.5, 0.6) is 0 Å². The molecule has 0 bridgehead atoms. The molecule has 1 saturated carbocycles. The van der Waals surface area contributed by atoms with Crippen molar-refractivity contribution >= 4 is 28.6 Å². The molecule has 1 aromatic heterocycles. The van der Waals surface area contributed by atoms with E-state index in [1.165, 1.54) is 0 Å². The number of fused-ring (bicyclic) bond motifs is 1. The molecule has 2 aromatic carbocycles. The van der Waals surface area contributed by atoms with E-state index in [-0.39, 0.29) is 12.1 Å². The van der Waals surface area contributed by atoms with E-state index < -0.39 is 29.0 Å². The molecule has 34 heavy (non-hydrogen) atoms. The zero-order chi connectivity index (χ0) is 24.5. The Morgan fingerprint density at radius 2 is 1.65 bits per heavy atom. The Morgan fingerprint density at radius 3 is 2.32 bits per heavy atom. The van der Waals surface area contributed by atoms with Gasteiger partial charge in [-0.1, -0.05) is 18.2 Å². The number of nitrogens with one attached hydrogen (secondary N) is 2. The lowest BCUT2D eigenvalue weighted by molar-refractivity contribution is -0.140. The Morgan fingerprint density at radius 1 is 0.971 bits per heavy atom. The predicted molar refractivity (Wildman–Crippen MR) is 122 cm³/mol. The highest BCUT2D eigenvalue weighted by Crippen LogP contribution is 2.32. The van der Waals surface area contributed by atoms with Crippen LogP contribution in [0.1, 0.15) is 41.6 Å². The van der Waals surface area contributed by atoms with Gasteiger partial charge in [-0.3, -0.25) is 4.79 Å². The molecule has 1 fully saturated rings. The second kappa shape index (κ2) is 9.44. The Hall–Kier alpha value is -3.43. The van der Waals surface area contributed by atoms with E-state index in [1.54, 1.807) is 0 Å². The van der Waals surface area contributed by atoms with E-state index in [4.69, 9.17) is 0 Å². The van der Waals surface area contributed by atoms with Gasteiger partial charge >= 0.3 is 6.18 Å². The Labute approximate surface area is 194 Å². The number of aromatic nitrogens is 2. The van der Waals surface area contributed by atoms with Gasteiger partial charge in [0.25, 0.3) is 5.91 Å². The maximum Gasteiger partial charge on any atom is 0.419 e. The summed E-state index contributed by atoms with van der Waals surface area (Å²) in [4.78, 5) is 23.6. The van der Waals surface area contributed by atoms with E-state index >= 15 is 0 Å². The standard InChI is InChI=1S/C24H25F4N5O/c1-33(2)21-16-6-3-4-9-19(16)31-23(32-21)30-15-12-10-14(11-13-15)29-22(34)17-7-5-8-18(20(17)25)24(26,27)28/h3-9,14-15H,10-13H2,1-2H3,(H,29,34)(H,30,31,32). The SMILES string of the molecule is CN(C)c1nc(NC2CCC(NC(=O)c3cccc(C(F)(F)F)c3F)CC2)nc2ccccc12. The van der Waals surface area contributed by atoms with Gasteiger partial charge in [0, 0.05) is 31.6 Å². The van der Waals surface area contributed by atoms with Gasteiger partial charge in [0.2, 0.25) is 5.95 Å². The number of nitrogens with zero attached hydrogens (tertiary/aromatic N) is 3. The molecule has 3 aromatic rings. The molecule has 0 aliphatic heterocycles. The summed E-state index contributed by atoms with van der Waals surface area (Å²) in [5, 5.41) is 6.99. The largest absolute Gasteiger partial charge is 0.419 e. The quantitative estimate of drug-likeness (QED) is 0.508. The van der Waals surface area contributed by atoms with Gasteiger partial charge < -0.3 is 15.5 Å².